The molecular formula is C10H14O2. The molecule has 3 aliphatic rings. The van der Waals surface area contributed by atoms with Crippen LogP contribution >= 0.6 is 0 Å². The van der Waals surface area contributed by atoms with E-state index in [0.717, 1.165) is 6.42 Å². The lowest BCUT2D eigenvalue weighted by Crippen LogP contribution is -2.60. The van der Waals surface area contributed by atoms with Crippen LogP contribution in [0.4, 0.5) is 0 Å². The Kier molecular flexibility index (Phi) is 1.31. The van der Waals surface area contributed by atoms with Crippen molar-refractivity contribution in [3.05, 3.63) is 0 Å². The highest BCUT2D eigenvalue weighted by molar-refractivity contribution is 6.40. The summed E-state index contributed by atoms with van der Waals surface area (Å²) in [6.45, 7) is 6.10. The molecule has 0 aromatic heterocycles. The van der Waals surface area contributed by atoms with Crippen LogP contribution in [0, 0.1) is 23.2 Å². The van der Waals surface area contributed by atoms with E-state index < -0.39 is 0 Å². The van der Waals surface area contributed by atoms with Crippen molar-refractivity contribution in [3.8, 4) is 0 Å². The minimum absolute atomic E-state index is 0.0301. The molecule has 0 heterocycles. The lowest BCUT2D eigenvalue weighted by atomic mass is 9.45. The van der Waals surface area contributed by atoms with Gasteiger partial charge in [0, 0.05) is 11.8 Å². The molecule has 2 nitrogen and oxygen atoms in total. The van der Waals surface area contributed by atoms with Gasteiger partial charge in [-0.3, -0.25) is 9.59 Å². The largest absolute Gasteiger partial charge is 0.291 e. The summed E-state index contributed by atoms with van der Waals surface area (Å²) >= 11 is 0. The summed E-state index contributed by atoms with van der Waals surface area (Å²) in [4.78, 5) is 22.7. The molecule has 3 rings (SSSR count). The molecule has 0 aromatic carbocycles. The van der Waals surface area contributed by atoms with Crippen LogP contribution in [-0.2, 0) is 9.59 Å². The predicted molar refractivity (Wildman–Crippen MR) is 44.6 cm³/mol. The van der Waals surface area contributed by atoms with Gasteiger partial charge in [0.05, 0.1) is 0 Å². The van der Waals surface area contributed by atoms with E-state index in [-0.39, 0.29) is 28.8 Å². The van der Waals surface area contributed by atoms with E-state index >= 15 is 0 Å². The predicted octanol–water partition coefficient (Wildman–Crippen LogP) is 1.44. The van der Waals surface area contributed by atoms with Gasteiger partial charge in [-0.05, 0) is 17.8 Å². The highest BCUT2D eigenvalue weighted by atomic mass is 16.2. The minimum Gasteiger partial charge on any atom is -0.291 e. The number of ketones is 2. The highest BCUT2D eigenvalue weighted by Gasteiger charge is 2.60. The second kappa shape index (κ2) is 1.98. The van der Waals surface area contributed by atoms with Crippen molar-refractivity contribution in [2.45, 2.75) is 27.2 Å². The van der Waals surface area contributed by atoms with Gasteiger partial charge in [0.2, 0.25) is 11.6 Å². The van der Waals surface area contributed by atoms with Crippen LogP contribution in [0.15, 0.2) is 0 Å². The molecule has 0 radical (unpaired) electrons. The third kappa shape index (κ3) is 0.661. The first-order chi connectivity index (χ1) is 5.46. The molecule has 12 heavy (non-hydrogen) atoms. The Morgan fingerprint density at radius 3 is 2.25 bits per heavy atom. The summed E-state index contributed by atoms with van der Waals surface area (Å²) in [7, 11) is 0. The second-order valence-corrected chi connectivity index (χ2v) is 4.73. The molecule has 66 valence electrons. The van der Waals surface area contributed by atoms with Crippen LogP contribution < -0.4 is 0 Å². The Morgan fingerprint density at radius 1 is 1.25 bits per heavy atom. The van der Waals surface area contributed by atoms with E-state index in [1.807, 2.05) is 6.92 Å². The van der Waals surface area contributed by atoms with Gasteiger partial charge < -0.3 is 0 Å². The van der Waals surface area contributed by atoms with Crippen molar-refractivity contribution in [3.63, 3.8) is 0 Å². The van der Waals surface area contributed by atoms with E-state index in [9.17, 15) is 9.59 Å². The van der Waals surface area contributed by atoms with Crippen molar-refractivity contribution >= 4 is 11.6 Å². The van der Waals surface area contributed by atoms with Crippen LogP contribution in [0.1, 0.15) is 27.2 Å². The normalized spacial score (nSPS) is 44.1. The summed E-state index contributed by atoms with van der Waals surface area (Å²) in [6.07, 6.45) is 0.943. The molecule has 3 unspecified atom stereocenters. The Hall–Kier alpha value is -0.660. The molecule has 0 spiro atoms. The number of carbonyl (C=O) groups excluding carboxylic acids is 2. The first-order valence-corrected chi connectivity index (χ1v) is 4.54. The maximum Gasteiger partial charge on any atom is 0.202 e. The van der Waals surface area contributed by atoms with Gasteiger partial charge >= 0.3 is 0 Å². The molecule has 0 aromatic rings. The molecule has 3 saturated carbocycles. The zero-order valence-electron chi connectivity index (χ0n) is 7.76. The van der Waals surface area contributed by atoms with Gasteiger partial charge in [-0.1, -0.05) is 20.8 Å². The standard InChI is InChI=1S/C10H14O2/c1-5-6-4-7(10(6,2)3)9(12)8(5)11/h5-7H,4H2,1-3H3. The van der Waals surface area contributed by atoms with Crippen molar-refractivity contribution < 1.29 is 9.59 Å². The number of hydrogen-bond acceptors (Lipinski definition) is 2. The molecule has 2 bridgehead atoms. The zero-order valence-corrected chi connectivity index (χ0v) is 7.76. The lowest BCUT2D eigenvalue weighted by Gasteiger charge is -2.57. The fraction of sp³-hybridized carbons (Fsp3) is 0.800. The van der Waals surface area contributed by atoms with Gasteiger partial charge in [0.15, 0.2) is 0 Å². The van der Waals surface area contributed by atoms with Gasteiger partial charge in [0.25, 0.3) is 0 Å². The Labute approximate surface area is 72.3 Å². The summed E-state index contributed by atoms with van der Waals surface area (Å²) in [5.74, 6) is 0.210. The van der Waals surface area contributed by atoms with E-state index in [1.165, 1.54) is 0 Å². The van der Waals surface area contributed by atoms with E-state index in [1.54, 1.807) is 0 Å². The summed E-state index contributed by atoms with van der Waals surface area (Å²) in [6, 6.07) is 0. The molecule has 2 heteroatoms. The van der Waals surface area contributed by atoms with Crippen molar-refractivity contribution in [1.82, 2.24) is 0 Å². The smallest absolute Gasteiger partial charge is 0.202 e. The van der Waals surface area contributed by atoms with Crippen LogP contribution in [0.5, 0.6) is 0 Å². The number of hydrogen-bond donors (Lipinski definition) is 0. The molecule has 0 saturated heterocycles. The van der Waals surface area contributed by atoms with Crippen LogP contribution in [0.3, 0.4) is 0 Å². The van der Waals surface area contributed by atoms with Crippen LogP contribution in [0.2, 0.25) is 0 Å². The summed E-state index contributed by atoms with van der Waals surface area (Å²) in [5, 5.41) is 0. The maximum absolute atomic E-state index is 11.4. The van der Waals surface area contributed by atoms with Crippen molar-refractivity contribution in [2.24, 2.45) is 23.2 Å². The third-order valence-electron chi connectivity index (χ3n) is 3.92. The van der Waals surface area contributed by atoms with Gasteiger partial charge in [-0.25, -0.2) is 0 Å². The van der Waals surface area contributed by atoms with E-state index in [4.69, 9.17) is 0 Å². The SMILES string of the molecule is CC1C(=O)C(=O)C2CC1C2(C)C. The van der Waals surface area contributed by atoms with Gasteiger partial charge in [0.1, 0.15) is 0 Å². The first-order valence-electron chi connectivity index (χ1n) is 4.54. The highest BCUT2D eigenvalue weighted by Crippen LogP contribution is 2.58. The molecular weight excluding hydrogens is 152 g/mol. The monoisotopic (exact) mass is 166 g/mol. The Bertz CT molecular complexity index is 265. The van der Waals surface area contributed by atoms with Crippen LogP contribution in [-0.4, -0.2) is 11.6 Å². The molecule has 0 N–H and O–H groups in total. The topological polar surface area (TPSA) is 34.1 Å². The van der Waals surface area contributed by atoms with Gasteiger partial charge in [-0.15, -0.1) is 0 Å². The zero-order chi connectivity index (χ0) is 9.09. The Morgan fingerprint density at radius 2 is 1.83 bits per heavy atom. The summed E-state index contributed by atoms with van der Waals surface area (Å²) < 4.78 is 0. The number of fused-ring (bicyclic) bond motifs is 2. The second-order valence-electron chi connectivity index (χ2n) is 4.73. The third-order valence-corrected chi connectivity index (χ3v) is 3.92. The van der Waals surface area contributed by atoms with Gasteiger partial charge in [-0.2, -0.15) is 0 Å². The average Bonchev–Trinajstić information content (AvgIpc) is 1.98. The molecule has 0 aliphatic heterocycles. The molecule has 3 aliphatic carbocycles. The first kappa shape index (κ1) is 7.96. The number of rotatable bonds is 0. The summed E-state index contributed by atoms with van der Waals surface area (Å²) in [5.41, 5.74) is 0.0877. The number of carbonyl (C=O) groups is 2. The van der Waals surface area contributed by atoms with Crippen molar-refractivity contribution in [2.75, 3.05) is 0 Å². The number of Topliss-reactive ketones (excluding diaryl/α,β-unsaturated/α-hetero) is 2. The fourth-order valence-electron chi connectivity index (χ4n) is 2.83. The average molecular weight is 166 g/mol. The Balaban J connectivity index is 2.36. The maximum atomic E-state index is 11.4. The minimum atomic E-state index is -0.129. The molecule has 3 fully saturated rings. The molecule has 3 atom stereocenters. The molecule has 0 amide bonds. The van der Waals surface area contributed by atoms with Crippen LogP contribution in [0.25, 0.3) is 0 Å². The lowest BCUT2D eigenvalue weighted by molar-refractivity contribution is -0.168. The van der Waals surface area contributed by atoms with E-state index in [2.05, 4.69) is 13.8 Å². The van der Waals surface area contributed by atoms with Crippen molar-refractivity contribution in [1.29, 1.82) is 0 Å². The van der Waals surface area contributed by atoms with E-state index in [0.29, 0.717) is 5.92 Å². The quantitative estimate of drug-likeness (QED) is 0.510. The fourth-order valence-corrected chi connectivity index (χ4v) is 2.83.